The molecular weight excluding hydrogens is 246 g/mol. The van der Waals surface area contributed by atoms with Gasteiger partial charge in [-0.25, -0.2) is 4.68 Å². The van der Waals surface area contributed by atoms with E-state index >= 15 is 0 Å². The third-order valence-corrected chi connectivity index (χ3v) is 4.74. The van der Waals surface area contributed by atoms with Crippen molar-refractivity contribution in [1.29, 1.82) is 0 Å². The molecule has 0 aliphatic heterocycles. The van der Waals surface area contributed by atoms with Crippen molar-refractivity contribution in [3.8, 4) is 0 Å². The van der Waals surface area contributed by atoms with E-state index in [0.29, 0.717) is 5.25 Å². The third-order valence-electron chi connectivity index (χ3n) is 3.35. The third kappa shape index (κ3) is 2.02. The van der Waals surface area contributed by atoms with Crippen LogP contribution in [0, 0.1) is 0 Å². The van der Waals surface area contributed by atoms with Gasteiger partial charge in [0.1, 0.15) is 0 Å². The maximum Gasteiger partial charge on any atom is 0.209 e. The molecule has 0 amide bonds. The van der Waals surface area contributed by atoms with E-state index in [1.165, 1.54) is 11.1 Å². The Kier molecular flexibility index (Phi) is 3.05. The number of hydrogen-bond donors (Lipinski definition) is 1. The van der Waals surface area contributed by atoms with E-state index in [2.05, 4.69) is 39.8 Å². The zero-order valence-electron chi connectivity index (χ0n) is 10.2. The number of benzene rings is 1. The summed E-state index contributed by atoms with van der Waals surface area (Å²) in [5.41, 5.74) is 8.99. The summed E-state index contributed by atoms with van der Waals surface area (Å²) in [7, 11) is 1.85. The molecule has 1 aliphatic carbocycles. The minimum atomic E-state index is 0.0525. The number of fused-ring (bicyclic) bond motifs is 1. The lowest BCUT2D eigenvalue weighted by atomic mass is 9.88. The van der Waals surface area contributed by atoms with Gasteiger partial charge >= 0.3 is 0 Å². The summed E-state index contributed by atoms with van der Waals surface area (Å²) in [6.07, 6.45) is 2.14. The van der Waals surface area contributed by atoms with Crippen LogP contribution in [0.15, 0.2) is 29.4 Å². The van der Waals surface area contributed by atoms with Crippen LogP contribution in [-0.4, -0.2) is 25.5 Å². The summed E-state index contributed by atoms with van der Waals surface area (Å²) in [6, 6.07) is 8.47. The number of rotatable bonds is 2. The van der Waals surface area contributed by atoms with Crippen molar-refractivity contribution >= 4 is 11.8 Å². The highest BCUT2D eigenvalue weighted by Crippen LogP contribution is 2.37. The normalized spacial score (nSPS) is 22.8. The summed E-state index contributed by atoms with van der Waals surface area (Å²) in [6.45, 7) is 0. The fraction of sp³-hybridized carbons (Fsp3) is 0.417. The summed E-state index contributed by atoms with van der Waals surface area (Å²) in [5, 5.41) is 12.7. The van der Waals surface area contributed by atoms with E-state index in [1.807, 2.05) is 7.05 Å². The summed E-state index contributed by atoms with van der Waals surface area (Å²) < 4.78 is 1.69. The van der Waals surface area contributed by atoms with Crippen molar-refractivity contribution in [1.82, 2.24) is 20.2 Å². The van der Waals surface area contributed by atoms with Gasteiger partial charge in [-0.15, -0.1) is 5.10 Å². The molecule has 2 unspecified atom stereocenters. The second kappa shape index (κ2) is 4.70. The molecule has 0 radical (unpaired) electrons. The maximum atomic E-state index is 6.36. The smallest absolute Gasteiger partial charge is 0.209 e. The number of thioether (sulfide) groups is 1. The van der Waals surface area contributed by atoms with Gasteiger partial charge in [0.25, 0.3) is 0 Å². The molecule has 1 aliphatic rings. The molecule has 18 heavy (non-hydrogen) atoms. The first-order chi connectivity index (χ1) is 8.75. The lowest BCUT2D eigenvalue weighted by molar-refractivity contribution is 0.581. The number of aryl methyl sites for hydroxylation is 2. The van der Waals surface area contributed by atoms with Gasteiger partial charge in [-0.05, 0) is 34.4 Å². The molecule has 0 spiro atoms. The van der Waals surface area contributed by atoms with Gasteiger partial charge in [0.05, 0.1) is 0 Å². The van der Waals surface area contributed by atoms with Crippen LogP contribution in [0.25, 0.3) is 0 Å². The van der Waals surface area contributed by atoms with Crippen LogP contribution in [0.2, 0.25) is 0 Å². The van der Waals surface area contributed by atoms with E-state index in [1.54, 1.807) is 16.4 Å². The molecule has 3 rings (SSSR count). The molecule has 0 fully saturated rings. The van der Waals surface area contributed by atoms with E-state index in [4.69, 9.17) is 5.73 Å². The lowest BCUT2D eigenvalue weighted by Gasteiger charge is -2.29. The Morgan fingerprint density at radius 1 is 1.39 bits per heavy atom. The zero-order chi connectivity index (χ0) is 12.5. The Morgan fingerprint density at radius 3 is 3.00 bits per heavy atom. The molecular formula is C12H15N5S. The molecule has 1 aromatic heterocycles. The molecule has 2 N–H and O–H groups in total. The molecule has 2 atom stereocenters. The largest absolute Gasteiger partial charge is 0.323 e. The second-order valence-electron chi connectivity index (χ2n) is 4.50. The minimum absolute atomic E-state index is 0.0525. The summed E-state index contributed by atoms with van der Waals surface area (Å²) in [5.74, 6) is 0. The lowest BCUT2D eigenvalue weighted by Crippen LogP contribution is -2.29. The number of tetrazole rings is 1. The van der Waals surface area contributed by atoms with Crippen LogP contribution in [0.3, 0.4) is 0 Å². The van der Waals surface area contributed by atoms with Crippen LogP contribution in [0.5, 0.6) is 0 Å². The number of aromatic nitrogens is 4. The molecule has 0 bridgehead atoms. The average molecular weight is 261 g/mol. The average Bonchev–Trinajstić information content (AvgIpc) is 2.79. The Hall–Kier alpha value is -1.40. The van der Waals surface area contributed by atoms with E-state index in [9.17, 15) is 0 Å². The standard InChI is InChI=1S/C12H15N5S/c1-17-12(14-15-16-17)18-10-7-6-8-4-2-3-5-9(8)11(10)13/h2-5,10-11H,6-7,13H2,1H3. The molecule has 1 heterocycles. The first-order valence-electron chi connectivity index (χ1n) is 5.98. The van der Waals surface area contributed by atoms with Crippen LogP contribution in [0.1, 0.15) is 23.6 Å². The molecule has 0 saturated carbocycles. The molecule has 2 aromatic rings. The number of nitrogens with two attached hydrogens (primary N) is 1. The van der Waals surface area contributed by atoms with Gasteiger partial charge in [0.15, 0.2) is 0 Å². The molecule has 6 heteroatoms. The van der Waals surface area contributed by atoms with Crippen molar-refractivity contribution < 1.29 is 0 Å². The highest BCUT2D eigenvalue weighted by atomic mass is 32.2. The molecule has 94 valence electrons. The second-order valence-corrected chi connectivity index (χ2v) is 5.71. The van der Waals surface area contributed by atoms with Gasteiger partial charge < -0.3 is 5.73 Å². The van der Waals surface area contributed by atoms with E-state index < -0.39 is 0 Å². The van der Waals surface area contributed by atoms with Crippen molar-refractivity contribution in [3.63, 3.8) is 0 Å². The topological polar surface area (TPSA) is 69.6 Å². The van der Waals surface area contributed by atoms with Crippen LogP contribution in [-0.2, 0) is 13.5 Å². The van der Waals surface area contributed by atoms with E-state index in [0.717, 1.165) is 18.0 Å². The van der Waals surface area contributed by atoms with Crippen molar-refractivity contribution in [2.75, 3.05) is 0 Å². The number of hydrogen-bond acceptors (Lipinski definition) is 5. The molecule has 5 nitrogen and oxygen atoms in total. The highest BCUT2D eigenvalue weighted by Gasteiger charge is 2.28. The Morgan fingerprint density at radius 2 is 2.22 bits per heavy atom. The molecule has 1 aromatic carbocycles. The molecule has 0 saturated heterocycles. The van der Waals surface area contributed by atoms with Gasteiger partial charge in [-0.1, -0.05) is 36.0 Å². The fourth-order valence-electron chi connectivity index (χ4n) is 2.35. The SMILES string of the molecule is Cn1nnnc1SC1CCc2ccccc2C1N. The quantitative estimate of drug-likeness (QED) is 0.883. The monoisotopic (exact) mass is 261 g/mol. The first kappa shape index (κ1) is 11.7. The first-order valence-corrected chi connectivity index (χ1v) is 6.86. The predicted molar refractivity (Wildman–Crippen MR) is 70.1 cm³/mol. The Balaban J connectivity index is 1.83. The van der Waals surface area contributed by atoms with Gasteiger partial charge in [-0.3, -0.25) is 0 Å². The summed E-state index contributed by atoms with van der Waals surface area (Å²) >= 11 is 1.67. The van der Waals surface area contributed by atoms with Crippen LogP contribution >= 0.6 is 11.8 Å². The number of nitrogens with zero attached hydrogens (tertiary/aromatic N) is 4. The highest BCUT2D eigenvalue weighted by molar-refractivity contribution is 7.99. The summed E-state index contributed by atoms with van der Waals surface area (Å²) in [4.78, 5) is 0. The van der Waals surface area contributed by atoms with Crippen LogP contribution in [0.4, 0.5) is 0 Å². The van der Waals surface area contributed by atoms with Gasteiger partial charge in [-0.2, -0.15) is 0 Å². The van der Waals surface area contributed by atoms with Gasteiger partial charge in [0, 0.05) is 18.3 Å². The maximum absolute atomic E-state index is 6.36. The van der Waals surface area contributed by atoms with Crippen LogP contribution < -0.4 is 5.73 Å². The van der Waals surface area contributed by atoms with Gasteiger partial charge in [0.2, 0.25) is 5.16 Å². The van der Waals surface area contributed by atoms with E-state index in [-0.39, 0.29) is 6.04 Å². The zero-order valence-corrected chi connectivity index (χ0v) is 11.0. The van der Waals surface area contributed by atoms with Crippen molar-refractivity contribution in [3.05, 3.63) is 35.4 Å². The van der Waals surface area contributed by atoms with Crippen molar-refractivity contribution in [2.45, 2.75) is 29.3 Å². The Bertz CT molecular complexity index is 553. The Labute approximate surface area is 110 Å². The van der Waals surface area contributed by atoms with Crippen molar-refractivity contribution in [2.24, 2.45) is 12.8 Å². The minimum Gasteiger partial charge on any atom is -0.323 e. The fourth-order valence-corrected chi connectivity index (χ4v) is 3.43. The predicted octanol–water partition coefficient (Wildman–Crippen LogP) is 1.32.